The molecule has 0 aliphatic carbocycles. The molecule has 154 valence electrons. The molecule has 30 heavy (non-hydrogen) atoms. The number of rotatable bonds is 6. The molecule has 1 atom stereocenters. The van der Waals surface area contributed by atoms with Crippen LogP contribution < -0.4 is 11.0 Å². The van der Waals surface area contributed by atoms with Crippen LogP contribution in [0.3, 0.4) is 0 Å². The molecule has 0 bridgehead atoms. The number of carbonyl (C=O) groups is 1. The Kier molecular flexibility index (Phi) is 5.50. The fourth-order valence-electron chi connectivity index (χ4n) is 3.79. The lowest BCUT2D eigenvalue weighted by molar-refractivity contribution is -0.116. The lowest BCUT2D eigenvalue weighted by Crippen LogP contribution is -2.19. The molecule has 0 saturated heterocycles. The molecule has 0 aliphatic heterocycles. The fourth-order valence-corrected chi connectivity index (χ4v) is 3.92. The molecule has 4 rings (SSSR count). The summed E-state index contributed by atoms with van der Waals surface area (Å²) in [6.45, 7) is 0.689. The van der Waals surface area contributed by atoms with Gasteiger partial charge in [-0.2, -0.15) is 0 Å². The molecule has 4 aromatic rings. The summed E-state index contributed by atoms with van der Waals surface area (Å²) < 4.78 is 5.24. The third-order valence-corrected chi connectivity index (χ3v) is 5.68. The monoisotopic (exact) mass is 422 g/mol. The Morgan fingerprint density at radius 2 is 1.67 bits per heavy atom. The maximum absolute atomic E-state index is 12.9. The van der Waals surface area contributed by atoms with Gasteiger partial charge in [0.15, 0.2) is 0 Å². The number of halogens is 1. The van der Waals surface area contributed by atoms with E-state index in [-0.39, 0.29) is 17.5 Å². The van der Waals surface area contributed by atoms with Gasteiger partial charge < -0.3 is 9.88 Å². The molecule has 0 saturated carbocycles. The molecule has 0 fully saturated rings. The van der Waals surface area contributed by atoms with E-state index in [1.165, 1.54) is 0 Å². The van der Waals surface area contributed by atoms with E-state index in [0.717, 1.165) is 16.6 Å². The van der Waals surface area contributed by atoms with E-state index < -0.39 is 0 Å². The van der Waals surface area contributed by atoms with E-state index in [9.17, 15) is 9.59 Å². The van der Waals surface area contributed by atoms with Crippen molar-refractivity contribution in [3.05, 3.63) is 88.1 Å². The third-order valence-electron chi connectivity index (χ3n) is 5.43. The lowest BCUT2D eigenvalue weighted by atomic mass is 9.95. The molecule has 7 heteroatoms. The summed E-state index contributed by atoms with van der Waals surface area (Å²) in [6.07, 6.45) is 4.31. The van der Waals surface area contributed by atoms with Crippen LogP contribution in [-0.2, 0) is 25.4 Å². The van der Waals surface area contributed by atoms with Gasteiger partial charge in [0.2, 0.25) is 5.91 Å². The summed E-state index contributed by atoms with van der Waals surface area (Å²) in [4.78, 5) is 25.0. The Hall–Kier alpha value is -3.25. The zero-order chi connectivity index (χ0) is 21.3. The van der Waals surface area contributed by atoms with Crippen LogP contribution in [0.5, 0.6) is 0 Å². The summed E-state index contributed by atoms with van der Waals surface area (Å²) in [5.74, 6) is -0.0816. The largest absolute Gasteiger partial charge is 0.354 e. The molecule has 0 unspecified atom stereocenters. The first-order chi connectivity index (χ1) is 14.4. The highest BCUT2D eigenvalue weighted by atomic mass is 35.5. The van der Waals surface area contributed by atoms with Gasteiger partial charge in [-0.15, -0.1) is 0 Å². The smallest absolute Gasteiger partial charge is 0.328 e. The van der Waals surface area contributed by atoms with Gasteiger partial charge in [0, 0.05) is 56.1 Å². The third kappa shape index (κ3) is 4.04. The zero-order valence-electron chi connectivity index (χ0n) is 16.9. The first kappa shape index (κ1) is 20.0. The molecular formula is C23H23ClN4O2. The highest BCUT2D eigenvalue weighted by Gasteiger charge is 2.18. The Bertz CT molecular complexity index is 1240. The number of nitrogens with zero attached hydrogens (tertiary/aromatic N) is 3. The highest BCUT2D eigenvalue weighted by Crippen LogP contribution is 2.25. The van der Waals surface area contributed by atoms with Crippen LogP contribution in [0.1, 0.15) is 17.9 Å². The van der Waals surface area contributed by atoms with Crippen LogP contribution in [-0.4, -0.2) is 19.6 Å². The molecule has 1 amide bonds. The van der Waals surface area contributed by atoms with Crippen molar-refractivity contribution in [1.82, 2.24) is 13.7 Å². The van der Waals surface area contributed by atoms with E-state index in [4.69, 9.17) is 11.6 Å². The molecular weight excluding hydrogens is 400 g/mol. The maximum atomic E-state index is 12.9. The molecule has 0 aliphatic rings. The summed E-state index contributed by atoms with van der Waals surface area (Å²) in [5, 5.41) is 3.65. The van der Waals surface area contributed by atoms with Gasteiger partial charge in [0.1, 0.15) is 0 Å². The maximum Gasteiger partial charge on any atom is 0.328 e. The Balaban J connectivity index is 1.55. The van der Waals surface area contributed by atoms with Crippen LogP contribution in [0, 0.1) is 0 Å². The second-order valence-corrected chi connectivity index (χ2v) is 7.92. The summed E-state index contributed by atoms with van der Waals surface area (Å²) in [5.41, 5.74) is 3.24. The number of aromatic nitrogens is 3. The fraction of sp³-hybridized carbons (Fsp3) is 0.217. The minimum atomic E-state index is -0.0944. The van der Waals surface area contributed by atoms with Crippen molar-refractivity contribution in [3.8, 4) is 0 Å². The number of nitrogens with one attached hydrogen (secondary N) is 1. The highest BCUT2D eigenvalue weighted by molar-refractivity contribution is 6.30. The molecule has 0 spiro atoms. The van der Waals surface area contributed by atoms with Gasteiger partial charge in [0.05, 0.1) is 11.0 Å². The number of hydrogen-bond donors (Lipinski definition) is 1. The zero-order valence-corrected chi connectivity index (χ0v) is 17.6. The van der Waals surface area contributed by atoms with Crippen molar-refractivity contribution in [2.75, 3.05) is 5.32 Å². The number of hydrogen-bond acceptors (Lipinski definition) is 2. The SMILES string of the molecule is Cn1c(=O)n(C)c2cc(NC(=O)C[C@@H](Cn3cccc3)c3ccc(Cl)cc3)ccc21. The van der Waals surface area contributed by atoms with Gasteiger partial charge in [-0.05, 0) is 48.0 Å². The second kappa shape index (κ2) is 8.24. The number of carbonyl (C=O) groups excluding carboxylic acids is 1. The molecule has 2 heterocycles. The second-order valence-electron chi connectivity index (χ2n) is 7.48. The molecule has 2 aromatic carbocycles. The first-order valence-electron chi connectivity index (χ1n) is 9.74. The summed E-state index contributed by atoms with van der Waals surface area (Å²) >= 11 is 6.04. The van der Waals surface area contributed by atoms with Crippen molar-refractivity contribution in [1.29, 1.82) is 0 Å². The minimum Gasteiger partial charge on any atom is -0.354 e. The average molecular weight is 423 g/mol. The van der Waals surface area contributed by atoms with Gasteiger partial charge in [-0.25, -0.2) is 4.79 Å². The van der Waals surface area contributed by atoms with E-state index in [1.54, 1.807) is 23.2 Å². The van der Waals surface area contributed by atoms with Crippen molar-refractivity contribution in [3.63, 3.8) is 0 Å². The van der Waals surface area contributed by atoms with Gasteiger partial charge >= 0.3 is 5.69 Å². The van der Waals surface area contributed by atoms with Crippen LogP contribution >= 0.6 is 11.6 Å². The van der Waals surface area contributed by atoms with Crippen molar-refractivity contribution < 1.29 is 4.79 Å². The van der Waals surface area contributed by atoms with E-state index in [0.29, 0.717) is 23.7 Å². The van der Waals surface area contributed by atoms with Crippen LogP contribution in [0.15, 0.2) is 71.8 Å². The van der Waals surface area contributed by atoms with E-state index in [1.807, 2.05) is 67.0 Å². The lowest BCUT2D eigenvalue weighted by Gasteiger charge is -2.18. The predicted molar refractivity (Wildman–Crippen MR) is 120 cm³/mol. The summed E-state index contributed by atoms with van der Waals surface area (Å²) in [7, 11) is 3.46. The minimum absolute atomic E-state index is 0.000483. The van der Waals surface area contributed by atoms with Gasteiger partial charge in [0.25, 0.3) is 0 Å². The van der Waals surface area contributed by atoms with Crippen molar-refractivity contribution in [2.45, 2.75) is 18.9 Å². The predicted octanol–water partition coefficient (Wildman–Crippen LogP) is 4.14. The number of fused-ring (bicyclic) bond motifs is 1. The number of aryl methyl sites for hydroxylation is 2. The van der Waals surface area contributed by atoms with Crippen molar-refractivity contribution in [2.24, 2.45) is 14.1 Å². The first-order valence-corrected chi connectivity index (χ1v) is 10.1. The van der Waals surface area contributed by atoms with E-state index >= 15 is 0 Å². The van der Waals surface area contributed by atoms with Crippen LogP contribution in [0.25, 0.3) is 11.0 Å². The number of imidazole rings is 1. The Morgan fingerprint density at radius 3 is 2.37 bits per heavy atom. The Morgan fingerprint density at radius 1 is 1.00 bits per heavy atom. The summed E-state index contributed by atoms with van der Waals surface area (Å²) in [6, 6.07) is 17.1. The quantitative estimate of drug-likeness (QED) is 0.507. The van der Waals surface area contributed by atoms with E-state index in [2.05, 4.69) is 9.88 Å². The molecule has 0 radical (unpaired) electrons. The molecule has 1 N–H and O–H groups in total. The van der Waals surface area contributed by atoms with Gasteiger partial charge in [-0.1, -0.05) is 23.7 Å². The van der Waals surface area contributed by atoms with Gasteiger partial charge in [-0.3, -0.25) is 13.9 Å². The molecule has 2 aromatic heterocycles. The normalized spacial score (nSPS) is 12.2. The van der Waals surface area contributed by atoms with Crippen molar-refractivity contribution >= 4 is 34.2 Å². The Labute approximate surface area is 179 Å². The number of benzene rings is 2. The standard InChI is InChI=1S/C23H23ClN4O2/c1-26-20-10-9-19(14-21(20)27(2)23(26)30)25-22(29)13-17(15-28-11-3-4-12-28)16-5-7-18(24)8-6-16/h3-12,14,17H,13,15H2,1-2H3,(H,25,29)/t17-/m0/s1. The topological polar surface area (TPSA) is 61.0 Å². The number of amides is 1. The average Bonchev–Trinajstić information content (AvgIpc) is 3.31. The number of anilines is 1. The van der Waals surface area contributed by atoms with Crippen LogP contribution in [0.2, 0.25) is 5.02 Å². The van der Waals surface area contributed by atoms with Crippen LogP contribution in [0.4, 0.5) is 5.69 Å². The molecule has 6 nitrogen and oxygen atoms in total.